The van der Waals surface area contributed by atoms with Gasteiger partial charge >= 0.3 is 0 Å². The summed E-state index contributed by atoms with van der Waals surface area (Å²) in [5.74, 6) is 0. The van der Waals surface area contributed by atoms with E-state index in [9.17, 15) is 0 Å². The summed E-state index contributed by atoms with van der Waals surface area (Å²) in [7, 11) is -0.946. The molecule has 13 aromatic carbocycles. The fraction of sp³-hybridized carbons (Fsp3) is 0.0411. The van der Waals surface area contributed by atoms with Gasteiger partial charge < -0.3 is 0 Å². The average molecular weight is 985 g/mol. The molecule has 2 aliphatic rings. The van der Waals surface area contributed by atoms with Gasteiger partial charge in [-0.3, -0.25) is 0 Å². The van der Waals surface area contributed by atoms with Crippen LogP contribution in [0.1, 0.15) is 22.3 Å². The second kappa shape index (κ2) is 15.3. The Morgan fingerprint density at radius 2 is 0.600 bits per heavy atom. The predicted molar refractivity (Wildman–Crippen MR) is 326 cm³/mol. The van der Waals surface area contributed by atoms with E-state index >= 15 is 0 Å². The van der Waals surface area contributed by atoms with E-state index in [1.807, 2.05) is 0 Å². The molecule has 0 nitrogen and oxygen atoms in total. The lowest BCUT2D eigenvalue weighted by molar-refractivity contribution is 0.802. The Labute approximate surface area is 436 Å². The van der Waals surface area contributed by atoms with Gasteiger partial charge in [0.1, 0.15) is 0 Å². The van der Waals surface area contributed by atoms with Gasteiger partial charge in [0, 0.05) is 31.2 Å². The highest BCUT2D eigenvalue weighted by Crippen LogP contribution is 2.67. The molecular weight excluding hydrogens is 939 g/mol. The fourth-order valence-electron chi connectivity index (χ4n) is 14.9. The number of benzene rings is 13. The minimum absolute atomic E-state index is 0.473. The summed E-state index contributed by atoms with van der Waals surface area (Å²) in [6.07, 6.45) is 0. The van der Waals surface area contributed by atoms with Crippen LogP contribution in [0.15, 0.2) is 243 Å². The third-order valence-electron chi connectivity index (χ3n) is 17.7. The van der Waals surface area contributed by atoms with Crippen LogP contribution >= 0.6 is 15.1 Å². The Bertz CT molecular complexity index is 4860. The van der Waals surface area contributed by atoms with Gasteiger partial charge in [0.25, 0.3) is 0 Å². The molecule has 1 spiro atoms. The number of hydrogen-bond donors (Lipinski definition) is 0. The van der Waals surface area contributed by atoms with Gasteiger partial charge in [-0.25, -0.2) is 0 Å². The van der Waals surface area contributed by atoms with Crippen LogP contribution in [-0.2, 0) is 18.7 Å². The van der Waals surface area contributed by atoms with E-state index in [0.29, 0.717) is 0 Å². The topological polar surface area (TPSA) is 0 Å². The van der Waals surface area contributed by atoms with Crippen molar-refractivity contribution in [1.29, 1.82) is 0 Å². The number of aryl methyl sites for hydroxylation is 2. The first-order valence-electron chi connectivity index (χ1n) is 26.3. The predicted octanol–water partition coefficient (Wildman–Crippen LogP) is 21.3. The van der Waals surface area contributed by atoms with Crippen molar-refractivity contribution in [1.82, 2.24) is 0 Å². The van der Waals surface area contributed by atoms with Gasteiger partial charge in [0.2, 0.25) is 0 Å². The second-order valence-corrected chi connectivity index (χ2v) is 25.2. The fourth-order valence-corrected chi connectivity index (χ4v) is 18.9. The highest BCUT2D eigenvalue weighted by molar-refractivity contribution is 7.60. The summed E-state index contributed by atoms with van der Waals surface area (Å²) in [6.45, 7) is 4.88. The molecule has 0 radical (unpaired) electrons. The lowest BCUT2D eigenvalue weighted by atomic mass is 9.69. The molecule has 0 aliphatic heterocycles. The van der Waals surface area contributed by atoms with Crippen LogP contribution in [0.4, 0.5) is 0 Å². The van der Waals surface area contributed by atoms with E-state index < -0.39 is 20.5 Å². The molecule has 0 amide bonds. The van der Waals surface area contributed by atoms with E-state index in [0.717, 1.165) is 0 Å². The SMILES string of the molecule is Cp1c2ccccc2c2c(-c3cccc4c(-c5cccc6c5-c5ccccc5C65c6ccccc6-c6c5c5ccccc5c5ccccc65)c5cccc(-c6cccc7c6c6ccccc6p7C)c5cc34)cccc21. The first kappa shape index (κ1) is 41.9. The van der Waals surface area contributed by atoms with E-state index in [-0.39, 0.29) is 0 Å². The standard InChI is InChI=1S/C73H46P2/c1-74-63-38-13-9-26-55(63)69-47(32-18-40-65(69)74)45-28-15-30-50-58(45)42-59-46(48-33-19-41-66-70(48)56-27-10-14-39-64(56)75(66)2)29-16-31-51(59)67(50)57-34-17-37-62-68(57)53-24-7-11-35-60(53)73(62)61-36-12-8-25-54(61)71-49-22-5-3-20-43(49)44-21-4-6-23-52(44)72(71)73/h3-42H,1-2H3. The zero-order chi connectivity index (χ0) is 49.3. The molecule has 75 heavy (non-hydrogen) atoms. The monoisotopic (exact) mass is 984 g/mol. The molecule has 0 saturated carbocycles. The van der Waals surface area contributed by atoms with Gasteiger partial charge in [-0.1, -0.05) is 237 Å². The number of fused-ring (bicyclic) bond motifs is 23. The Hall–Kier alpha value is -8.50. The maximum Gasteiger partial charge on any atom is 0.0731 e. The molecule has 0 bridgehead atoms. The molecule has 2 heteroatoms. The molecular formula is C73H46P2. The summed E-state index contributed by atoms with van der Waals surface area (Å²) in [4.78, 5) is 0. The van der Waals surface area contributed by atoms with Crippen LogP contribution in [0.3, 0.4) is 0 Å². The van der Waals surface area contributed by atoms with E-state index in [1.165, 1.54) is 163 Å². The highest BCUT2D eigenvalue weighted by atomic mass is 31.1. The van der Waals surface area contributed by atoms with E-state index in [2.05, 4.69) is 256 Å². The van der Waals surface area contributed by atoms with E-state index in [4.69, 9.17) is 0 Å². The molecule has 17 rings (SSSR count). The van der Waals surface area contributed by atoms with Crippen LogP contribution in [0.2, 0.25) is 0 Å². The Balaban J connectivity index is 1.04. The van der Waals surface area contributed by atoms with Crippen LogP contribution in [0, 0.1) is 0 Å². The Morgan fingerprint density at radius 3 is 1.19 bits per heavy atom. The molecule has 2 aromatic heterocycles. The largest absolute Gasteiger partial charge is 0.112 e. The third kappa shape index (κ3) is 5.29. The van der Waals surface area contributed by atoms with Crippen molar-refractivity contribution in [2.45, 2.75) is 5.41 Å². The van der Waals surface area contributed by atoms with Crippen molar-refractivity contribution in [3.8, 4) is 55.6 Å². The van der Waals surface area contributed by atoms with Crippen molar-refractivity contribution in [2.75, 3.05) is 0 Å². The van der Waals surface area contributed by atoms with Crippen molar-refractivity contribution in [2.24, 2.45) is 13.3 Å². The summed E-state index contributed by atoms with van der Waals surface area (Å²) < 4.78 is 0. The number of hydrogen-bond acceptors (Lipinski definition) is 0. The third-order valence-corrected chi connectivity index (χ3v) is 22.2. The smallest absolute Gasteiger partial charge is 0.0731 e. The molecule has 2 aliphatic carbocycles. The van der Waals surface area contributed by atoms with Crippen molar-refractivity contribution < 1.29 is 0 Å². The molecule has 348 valence electrons. The maximum atomic E-state index is 2.57. The second-order valence-electron chi connectivity index (χ2n) is 21.0. The van der Waals surface area contributed by atoms with Gasteiger partial charge in [-0.15, -0.1) is 15.1 Å². The molecule has 0 N–H and O–H groups in total. The first-order chi connectivity index (χ1) is 37.1. The minimum atomic E-state index is -0.554. The summed E-state index contributed by atoms with van der Waals surface area (Å²) in [5.41, 5.74) is 18.0. The Morgan fingerprint density at radius 1 is 0.240 bits per heavy atom. The first-order valence-corrected chi connectivity index (χ1v) is 29.9. The van der Waals surface area contributed by atoms with E-state index in [1.54, 1.807) is 0 Å². The lowest BCUT2D eigenvalue weighted by Gasteiger charge is -2.32. The zero-order valence-electron chi connectivity index (χ0n) is 41.5. The quantitative estimate of drug-likeness (QED) is 0.122. The summed E-state index contributed by atoms with van der Waals surface area (Å²) in [6, 6.07) is 93.7. The minimum Gasteiger partial charge on any atom is -0.112 e. The van der Waals surface area contributed by atoms with Crippen LogP contribution < -0.4 is 0 Å². The highest BCUT2D eigenvalue weighted by Gasteiger charge is 2.53. The molecule has 0 saturated heterocycles. The van der Waals surface area contributed by atoms with Gasteiger partial charge in [0.15, 0.2) is 0 Å². The molecule has 3 atom stereocenters. The van der Waals surface area contributed by atoms with Crippen LogP contribution in [-0.4, -0.2) is 0 Å². The van der Waals surface area contributed by atoms with Crippen molar-refractivity contribution in [3.63, 3.8) is 0 Å². The van der Waals surface area contributed by atoms with Crippen molar-refractivity contribution in [3.05, 3.63) is 265 Å². The van der Waals surface area contributed by atoms with Crippen LogP contribution in [0.25, 0.3) is 141 Å². The molecule has 2 heterocycles. The molecule has 0 fully saturated rings. The maximum absolute atomic E-state index is 2.57. The van der Waals surface area contributed by atoms with Gasteiger partial charge in [-0.2, -0.15) is 0 Å². The zero-order valence-corrected chi connectivity index (χ0v) is 43.3. The normalized spacial score (nSPS) is 15.1. The van der Waals surface area contributed by atoms with Gasteiger partial charge in [0.05, 0.1) is 5.41 Å². The average Bonchev–Trinajstić information content (AvgIpc) is 4.20. The lowest BCUT2D eigenvalue weighted by Crippen LogP contribution is -2.26. The Kier molecular flexibility index (Phi) is 8.55. The number of rotatable bonds is 3. The molecule has 3 unspecified atom stereocenters. The summed E-state index contributed by atoms with van der Waals surface area (Å²) >= 11 is 0. The van der Waals surface area contributed by atoms with Crippen molar-refractivity contribution >= 4 is 100 Å². The summed E-state index contributed by atoms with van der Waals surface area (Å²) in [5, 5.41) is 21.8. The molecule has 15 aromatic rings. The van der Waals surface area contributed by atoms with Gasteiger partial charge in [-0.05, 0) is 151 Å². The van der Waals surface area contributed by atoms with Crippen LogP contribution in [0.5, 0.6) is 0 Å².